The number of piperazine rings is 1. The monoisotopic (exact) mass is 386 g/mol. The van der Waals surface area contributed by atoms with E-state index in [0.717, 1.165) is 18.7 Å². The number of pyridine rings is 1. The second-order valence-corrected chi connectivity index (χ2v) is 7.20. The molecule has 9 heteroatoms. The highest BCUT2D eigenvalue weighted by atomic mass is 16.4. The highest BCUT2D eigenvalue weighted by Gasteiger charge is 2.35. The number of hydrogen-bond acceptors (Lipinski definition) is 6. The SMILES string of the molecule is CCN(CC(=O)O)C1CC(NC(=O)N2CCN(c3cccc(C#N)n3)CC2)C1. The molecular weight excluding hydrogens is 360 g/mol. The van der Waals surface area contributed by atoms with Gasteiger partial charge in [-0.2, -0.15) is 5.26 Å². The minimum Gasteiger partial charge on any atom is -0.480 e. The van der Waals surface area contributed by atoms with Gasteiger partial charge in [0.2, 0.25) is 0 Å². The lowest BCUT2D eigenvalue weighted by Gasteiger charge is -2.43. The number of nitriles is 1. The van der Waals surface area contributed by atoms with Gasteiger partial charge in [0.15, 0.2) is 0 Å². The number of aromatic nitrogens is 1. The van der Waals surface area contributed by atoms with Crippen molar-refractivity contribution in [1.29, 1.82) is 5.26 Å². The van der Waals surface area contributed by atoms with Gasteiger partial charge in [-0.3, -0.25) is 9.69 Å². The largest absolute Gasteiger partial charge is 0.480 e. The van der Waals surface area contributed by atoms with Gasteiger partial charge in [0.05, 0.1) is 6.54 Å². The molecule has 150 valence electrons. The summed E-state index contributed by atoms with van der Waals surface area (Å²) in [5.74, 6) is -0.0546. The van der Waals surface area contributed by atoms with Crippen molar-refractivity contribution in [3.8, 4) is 6.07 Å². The van der Waals surface area contributed by atoms with Crippen molar-refractivity contribution in [2.24, 2.45) is 0 Å². The molecule has 0 unspecified atom stereocenters. The Morgan fingerprint density at radius 3 is 2.64 bits per heavy atom. The van der Waals surface area contributed by atoms with Gasteiger partial charge in [0.25, 0.3) is 0 Å². The second-order valence-electron chi connectivity index (χ2n) is 7.20. The van der Waals surface area contributed by atoms with E-state index in [1.165, 1.54) is 0 Å². The van der Waals surface area contributed by atoms with Crippen LogP contribution in [0.2, 0.25) is 0 Å². The topological polar surface area (TPSA) is 113 Å². The Morgan fingerprint density at radius 2 is 2.04 bits per heavy atom. The second kappa shape index (κ2) is 8.89. The molecule has 2 aliphatic rings. The smallest absolute Gasteiger partial charge is 0.317 e. The summed E-state index contributed by atoms with van der Waals surface area (Å²) in [5, 5.41) is 21.0. The number of carbonyl (C=O) groups excluding carboxylic acids is 1. The molecule has 2 fully saturated rings. The Kier molecular flexibility index (Phi) is 6.31. The molecule has 2 heterocycles. The third-order valence-corrected chi connectivity index (χ3v) is 5.44. The van der Waals surface area contributed by atoms with Crippen molar-refractivity contribution < 1.29 is 14.7 Å². The van der Waals surface area contributed by atoms with Gasteiger partial charge in [0.1, 0.15) is 17.6 Å². The van der Waals surface area contributed by atoms with E-state index in [2.05, 4.69) is 15.2 Å². The Labute approximate surface area is 164 Å². The number of amides is 2. The van der Waals surface area contributed by atoms with Gasteiger partial charge in [0, 0.05) is 38.3 Å². The van der Waals surface area contributed by atoms with E-state index in [1.54, 1.807) is 11.0 Å². The number of rotatable bonds is 6. The molecule has 1 aromatic rings. The maximum atomic E-state index is 12.5. The Hall–Kier alpha value is -2.86. The molecule has 3 rings (SSSR count). The van der Waals surface area contributed by atoms with Gasteiger partial charge in [-0.25, -0.2) is 9.78 Å². The summed E-state index contributed by atoms with van der Waals surface area (Å²) in [6, 6.07) is 7.68. The average molecular weight is 386 g/mol. The first-order valence-corrected chi connectivity index (χ1v) is 9.63. The molecule has 1 saturated carbocycles. The highest BCUT2D eigenvalue weighted by molar-refractivity contribution is 5.75. The third kappa shape index (κ3) is 4.70. The summed E-state index contributed by atoms with van der Waals surface area (Å²) in [4.78, 5) is 33.5. The zero-order valence-electron chi connectivity index (χ0n) is 16.0. The minimum absolute atomic E-state index is 0.0465. The molecule has 2 amide bonds. The van der Waals surface area contributed by atoms with E-state index < -0.39 is 5.97 Å². The van der Waals surface area contributed by atoms with Crippen molar-refractivity contribution in [2.75, 3.05) is 44.2 Å². The van der Waals surface area contributed by atoms with Crippen LogP contribution in [-0.2, 0) is 4.79 Å². The number of aliphatic carboxylic acids is 1. The van der Waals surface area contributed by atoms with Crippen LogP contribution in [0, 0.1) is 11.3 Å². The predicted octanol–water partition coefficient (Wildman–Crippen LogP) is 0.722. The third-order valence-electron chi connectivity index (χ3n) is 5.44. The Morgan fingerprint density at radius 1 is 1.32 bits per heavy atom. The van der Waals surface area contributed by atoms with Gasteiger partial charge < -0.3 is 20.2 Å². The molecule has 0 radical (unpaired) electrons. The number of hydrogen-bond donors (Lipinski definition) is 2. The first-order chi connectivity index (χ1) is 13.5. The lowest BCUT2D eigenvalue weighted by molar-refractivity contribution is -0.139. The van der Waals surface area contributed by atoms with Crippen LogP contribution in [-0.4, -0.2) is 83.2 Å². The molecule has 28 heavy (non-hydrogen) atoms. The first-order valence-electron chi connectivity index (χ1n) is 9.63. The fraction of sp³-hybridized carbons (Fsp3) is 0.579. The predicted molar refractivity (Wildman–Crippen MR) is 103 cm³/mol. The van der Waals surface area contributed by atoms with Crippen LogP contribution in [0.3, 0.4) is 0 Å². The molecule has 1 aromatic heterocycles. The summed E-state index contributed by atoms with van der Waals surface area (Å²) in [6.07, 6.45) is 1.58. The van der Waals surface area contributed by atoms with Crippen LogP contribution in [0.15, 0.2) is 18.2 Å². The molecule has 0 aromatic carbocycles. The van der Waals surface area contributed by atoms with Crippen LogP contribution in [0.4, 0.5) is 10.6 Å². The maximum absolute atomic E-state index is 12.5. The first kappa shape index (κ1) is 19.9. The van der Waals surface area contributed by atoms with Crippen LogP contribution in [0.25, 0.3) is 0 Å². The van der Waals surface area contributed by atoms with Crippen molar-refractivity contribution >= 4 is 17.8 Å². The summed E-state index contributed by atoms with van der Waals surface area (Å²) in [5.41, 5.74) is 0.390. The van der Waals surface area contributed by atoms with Crippen molar-refractivity contribution in [3.05, 3.63) is 23.9 Å². The van der Waals surface area contributed by atoms with Crippen LogP contribution in [0.1, 0.15) is 25.5 Å². The molecule has 0 spiro atoms. The number of nitrogens with one attached hydrogen (secondary N) is 1. The van der Waals surface area contributed by atoms with Crippen LogP contribution in [0.5, 0.6) is 0 Å². The van der Waals surface area contributed by atoms with E-state index in [-0.39, 0.29) is 24.7 Å². The summed E-state index contributed by atoms with van der Waals surface area (Å²) in [7, 11) is 0. The normalized spacial score (nSPS) is 21.8. The molecule has 1 aliphatic carbocycles. The minimum atomic E-state index is -0.818. The molecular formula is C19H26N6O3. The molecule has 0 atom stereocenters. The fourth-order valence-electron chi connectivity index (χ4n) is 3.74. The maximum Gasteiger partial charge on any atom is 0.317 e. The number of carboxylic acid groups (broad SMARTS) is 1. The number of carboxylic acids is 1. The summed E-state index contributed by atoms with van der Waals surface area (Å²) < 4.78 is 0. The van der Waals surface area contributed by atoms with E-state index in [0.29, 0.717) is 38.4 Å². The molecule has 2 N–H and O–H groups in total. The average Bonchev–Trinajstić information content (AvgIpc) is 2.68. The standard InChI is InChI=1S/C19H26N6O3/c1-2-23(13-18(26)27)16-10-15(11-16)22-19(28)25-8-6-24(7-9-25)17-5-3-4-14(12-20)21-17/h3-5,15-16H,2,6-11,13H2,1H3,(H,22,28)(H,26,27). The van der Waals surface area contributed by atoms with Crippen molar-refractivity contribution in [2.45, 2.75) is 31.8 Å². The van der Waals surface area contributed by atoms with Gasteiger partial charge in [-0.05, 0) is 31.5 Å². The number of nitrogens with zero attached hydrogens (tertiary/aromatic N) is 5. The van der Waals surface area contributed by atoms with Gasteiger partial charge in [-0.15, -0.1) is 0 Å². The number of likely N-dealkylation sites (N-methyl/N-ethyl adjacent to an activating group) is 1. The number of urea groups is 1. The van der Waals surface area contributed by atoms with E-state index in [9.17, 15) is 9.59 Å². The van der Waals surface area contributed by atoms with Gasteiger partial charge in [-0.1, -0.05) is 13.0 Å². The number of anilines is 1. The molecule has 0 bridgehead atoms. The quantitative estimate of drug-likeness (QED) is 0.741. The number of carbonyl (C=O) groups is 2. The van der Waals surface area contributed by atoms with E-state index >= 15 is 0 Å². The lowest BCUT2D eigenvalue weighted by atomic mass is 9.85. The molecule has 1 saturated heterocycles. The van der Waals surface area contributed by atoms with Gasteiger partial charge >= 0.3 is 12.0 Å². The zero-order valence-corrected chi connectivity index (χ0v) is 16.0. The van der Waals surface area contributed by atoms with Crippen molar-refractivity contribution in [3.63, 3.8) is 0 Å². The Balaban J connectivity index is 1.42. The zero-order chi connectivity index (χ0) is 20.1. The Bertz CT molecular complexity index is 750. The molecule has 1 aliphatic heterocycles. The summed E-state index contributed by atoms with van der Waals surface area (Å²) in [6.45, 7) is 5.23. The van der Waals surface area contributed by atoms with E-state index in [4.69, 9.17) is 10.4 Å². The highest BCUT2D eigenvalue weighted by Crippen LogP contribution is 2.26. The molecule has 9 nitrogen and oxygen atoms in total. The van der Waals surface area contributed by atoms with E-state index in [1.807, 2.05) is 30.0 Å². The van der Waals surface area contributed by atoms with Crippen LogP contribution >= 0.6 is 0 Å². The lowest BCUT2D eigenvalue weighted by Crippen LogP contribution is -2.59. The van der Waals surface area contributed by atoms with Crippen LogP contribution < -0.4 is 10.2 Å². The van der Waals surface area contributed by atoms with Crippen molar-refractivity contribution in [1.82, 2.24) is 20.1 Å². The fourth-order valence-corrected chi connectivity index (χ4v) is 3.74. The summed E-state index contributed by atoms with van der Waals surface area (Å²) >= 11 is 0.